The van der Waals surface area contributed by atoms with Crippen LogP contribution in [0.25, 0.3) is 10.8 Å². The molecule has 0 bridgehead atoms. The zero-order valence-electron chi connectivity index (χ0n) is 18.5. The number of nitrogens with one attached hydrogen (secondary N) is 2. The van der Waals surface area contributed by atoms with Gasteiger partial charge in [-0.25, -0.2) is 13.8 Å². The number of ether oxygens (including phenoxy) is 1. The van der Waals surface area contributed by atoms with Gasteiger partial charge in [0, 0.05) is 31.2 Å². The number of carbonyl (C=O) groups excluding carboxylic acids is 2. The molecular weight excluding hydrogens is 454 g/mol. The summed E-state index contributed by atoms with van der Waals surface area (Å²) in [5.41, 5.74) is 7.12. The maximum atomic E-state index is 13.7. The summed E-state index contributed by atoms with van der Waals surface area (Å²) in [4.78, 5) is 29.6. The van der Waals surface area contributed by atoms with Gasteiger partial charge in [0.15, 0.2) is 11.6 Å². The number of hydrogen-bond donors (Lipinski definition) is 3. The first-order valence-corrected chi connectivity index (χ1v) is 11.1. The van der Waals surface area contributed by atoms with Crippen LogP contribution in [0.5, 0.6) is 0 Å². The minimum Gasteiger partial charge on any atom is -0.383 e. The number of rotatable bonds is 8. The van der Waals surface area contributed by atoms with Crippen LogP contribution in [0.15, 0.2) is 48.7 Å². The lowest BCUT2D eigenvalue weighted by Crippen LogP contribution is -2.48. The Morgan fingerprint density at radius 2 is 1.91 bits per heavy atom. The molecule has 1 aliphatic rings. The van der Waals surface area contributed by atoms with Crippen molar-refractivity contribution in [1.82, 2.24) is 15.6 Å². The summed E-state index contributed by atoms with van der Waals surface area (Å²) < 4.78 is 32.5. The molecule has 1 saturated heterocycles. The maximum absolute atomic E-state index is 13.7. The summed E-state index contributed by atoms with van der Waals surface area (Å²) in [6, 6.07) is 9.86. The Bertz CT molecular complexity index is 1200. The lowest BCUT2D eigenvalue weighted by atomic mass is 10.0. The van der Waals surface area contributed by atoms with E-state index in [0.717, 1.165) is 41.3 Å². The number of halogens is 2. The molecule has 35 heavy (non-hydrogen) atoms. The number of aromatic nitrogens is 1. The van der Waals surface area contributed by atoms with Gasteiger partial charge in [-0.3, -0.25) is 9.59 Å². The van der Waals surface area contributed by atoms with Crippen LogP contribution in [0.3, 0.4) is 0 Å². The molecule has 1 fully saturated rings. The molecule has 0 radical (unpaired) electrons. The second kappa shape index (κ2) is 11.7. The number of carbonyl (C=O) groups is 2. The van der Waals surface area contributed by atoms with Crippen LogP contribution < -0.4 is 16.4 Å². The Balaban J connectivity index is 0.00000342. The van der Waals surface area contributed by atoms with Crippen molar-refractivity contribution in [2.45, 2.75) is 51.8 Å². The van der Waals surface area contributed by atoms with Crippen molar-refractivity contribution in [2.75, 3.05) is 12.3 Å². The summed E-state index contributed by atoms with van der Waals surface area (Å²) in [7, 11) is 0. The predicted molar refractivity (Wildman–Crippen MR) is 130 cm³/mol. The van der Waals surface area contributed by atoms with Crippen molar-refractivity contribution in [1.29, 1.82) is 0 Å². The van der Waals surface area contributed by atoms with Gasteiger partial charge in [0.2, 0.25) is 11.8 Å². The zero-order valence-corrected chi connectivity index (χ0v) is 18.5. The van der Waals surface area contributed by atoms with Gasteiger partial charge >= 0.3 is 0 Å². The number of nitrogens with zero attached hydrogens (tertiary/aromatic N) is 1. The van der Waals surface area contributed by atoms with E-state index < -0.39 is 23.6 Å². The number of hydrogen-bond acceptors (Lipinski definition) is 5. The molecule has 2 amide bonds. The van der Waals surface area contributed by atoms with Gasteiger partial charge in [0.1, 0.15) is 11.9 Å². The molecule has 186 valence electrons. The third kappa shape index (κ3) is 6.73. The van der Waals surface area contributed by atoms with Crippen molar-refractivity contribution in [3.8, 4) is 0 Å². The number of nitrogens with two attached hydrogens (primary N) is 1. The van der Waals surface area contributed by atoms with E-state index in [1.165, 1.54) is 6.07 Å². The smallest absolute Gasteiger partial charge is 0.243 e. The standard InChI is InChI=1S/C25H26F2N4O3.CH4/c26-20-6-4-15(11-21(20)27)12-22(31-23(32)13-18-2-1-9-34-18)25(33)30-14-16-3-5-19-17(10-16)7-8-29-24(19)28;/h3-8,10-11,18,22H,1-2,9,12-14H2,(H2,28,29)(H,30,33)(H,31,32);1H4/t18-,22-;/m0./s1. The van der Waals surface area contributed by atoms with Gasteiger partial charge in [-0.15, -0.1) is 0 Å². The van der Waals surface area contributed by atoms with Crippen LogP contribution in [0.1, 0.15) is 37.8 Å². The Hall–Kier alpha value is -3.59. The molecule has 2 heterocycles. The molecule has 3 aromatic rings. The molecule has 4 N–H and O–H groups in total. The Kier molecular flexibility index (Phi) is 8.70. The number of pyridine rings is 1. The van der Waals surface area contributed by atoms with E-state index in [-0.39, 0.29) is 38.8 Å². The van der Waals surface area contributed by atoms with Gasteiger partial charge in [0.05, 0.1) is 12.5 Å². The first-order valence-electron chi connectivity index (χ1n) is 11.1. The molecule has 2 atom stereocenters. The van der Waals surface area contributed by atoms with Crippen LogP contribution in [-0.4, -0.2) is 35.6 Å². The van der Waals surface area contributed by atoms with Gasteiger partial charge in [0.25, 0.3) is 0 Å². The molecule has 1 aromatic heterocycles. The van der Waals surface area contributed by atoms with Gasteiger partial charge in [-0.05, 0) is 53.6 Å². The predicted octanol–water partition coefficient (Wildman–Crippen LogP) is 3.64. The normalized spacial score (nSPS) is 15.9. The minimum absolute atomic E-state index is 0. The first-order chi connectivity index (χ1) is 16.4. The molecule has 0 saturated carbocycles. The van der Waals surface area contributed by atoms with Crippen LogP contribution in [0, 0.1) is 11.6 Å². The highest BCUT2D eigenvalue weighted by molar-refractivity contribution is 5.91. The van der Waals surface area contributed by atoms with E-state index in [4.69, 9.17) is 10.5 Å². The van der Waals surface area contributed by atoms with Crippen molar-refractivity contribution in [3.05, 3.63) is 71.4 Å². The van der Waals surface area contributed by atoms with Crippen LogP contribution >= 0.6 is 0 Å². The van der Waals surface area contributed by atoms with Crippen molar-refractivity contribution in [2.24, 2.45) is 0 Å². The summed E-state index contributed by atoms with van der Waals surface area (Å²) in [6.45, 7) is 0.830. The second-order valence-electron chi connectivity index (χ2n) is 8.38. The molecule has 9 heteroatoms. The number of amides is 2. The van der Waals surface area contributed by atoms with Gasteiger partial charge < -0.3 is 21.1 Å². The summed E-state index contributed by atoms with van der Waals surface area (Å²) >= 11 is 0. The lowest BCUT2D eigenvalue weighted by molar-refractivity contribution is -0.130. The van der Waals surface area contributed by atoms with E-state index in [1.807, 2.05) is 24.3 Å². The van der Waals surface area contributed by atoms with E-state index in [2.05, 4.69) is 15.6 Å². The van der Waals surface area contributed by atoms with Crippen LogP contribution in [0.4, 0.5) is 14.6 Å². The topological polar surface area (TPSA) is 106 Å². The molecule has 1 aliphatic heterocycles. The fraction of sp³-hybridized carbons (Fsp3) is 0.346. The zero-order chi connectivity index (χ0) is 24.1. The second-order valence-corrected chi connectivity index (χ2v) is 8.38. The van der Waals surface area contributed by atoms with Crippen molar-refractivity contribution in [3.63, 3.8) is 0 Å². The number of anilines is 1. The molecule has 2 aromatic carbocycles. The average molecular weight is 485 g/mol. The molecule has 0 aliphatic carbocycles. The highest BCUT2D eigenvalue weighted by Crippen LogP contribution is 2.20. The molecule has 0 unspecified atom stereocenters. The largest absolute Gasteiger partial charge is 0.383 e. The van der Waals surface area contributed by atoms with Gasteiger partial charge in [-0.1, -0.05) is 25.6 Å². The lowest BCUT2D eigenvalue weighted by Gasteiger charge is -2.20. The van der Waals surface area contributed by atoms with E-state index >= 15 is 0 Å². The number of nitrogen functional groups attached to an aromatic ring is 1. The monoisotopic (exact) mass is 484 g/mol. The fourth-order valence-electron chi connectivity index (χ4n) is 4.05. The fourth-order valence-corrected chi connectivity index (χ4v) is 4.05. The molecular formula is C26H30F2N4O3. The van der Waals surface area contributed by atoms with Gasteiger partial charge in [-0.2, -0.15) is 0 Å². The molecule has 4 rings (SSSR count). The highest BCUT2D eigenvalue weighted by Gasteiger charge is 2.25. The molecule has 7 nitrogen and oxygen atoms in total. The quantitative estimate of drug-likeness (QED) is 0.453. The van der Waals surface area contributed by atoms with E-state index in [9.17, 15) is 18.4 Å². The van der Waals surface area contributed by atoms with Crippen LogP contribution in [0.2, 0.25) is 0 Å². The SMILES string of the molecule is C.Nc1nccc2cc(CNC(=O)[C@H](Cc3ccc(F)c(F)c3)NC(=O)C[C@@H]3CCCO3)ccc12. The minimum atomic E-state index is -1.01. The van der Waals surface area contributed by atoms with E-state index in [0.29, 0.717) is 18.0 Å². The number of fused-ring (bicyclic) bond motifs is 1. The summed E-state index contributed by atoms with van der Waals surface area (Å²) in [5, 5.41) is 7.26. The maximum Gasteiger partial charge on any atom is 0.243 e. The Morgan fingerprint density at radius 3 is 2.66 bits per heavy atom. The first kappa shape index (κ1) is 26.0. The van der Waals surface area contributed by atoms with Crippen molar-refractivity contribution < 1.29 is 23.1 Å². The summed E-state index contributed by atoms with van der Waals surface area (Å²) in [5.74, 6) is -2.32. The van der Waals surface area contributed by atoms with E-state index in [1.54, 1.807) is 6.20 Å². The third-order valence-corrected chi connectivity index (χ3v) is 5.84. The summed E-state index contributed by atoms with van der Waals surface area (Å²) in [6.07, 6.45) is 3.27. The van der Waals surface area contributed by atoms with Crippen molar-refractivity contribution >= 4 is 28.4 Å². The Morgan fingerprint density at radius 1 is 1.11 bits per heavy atom. The van der Waals surface area contributed by atoms with Crippen LogP contribution in [-0.2, 0) is 27.3 Å². The number of benzene rings is 2. The third-order valence-electron chi connectivity index (χ3n) is 5.84. The molecule has 0 spiro atoms. The Labute approximate surface area is 203 Å². The highest BCUT2D eigenvalue weighted by atomic mass is 19.2. The average Bonchev–Trinajstić information content (AvgIpc) is 3.32.